The Hall–Kier alpha value is -1.33. The number of methoxy groups -OCH3 is 1. The molecule has 104 valence electrons. The first-order valence-electron chi connectivity index (χ1n) is 5.92. The zero-order chi connectivity index (χ0) is 14.7. The Morgan fingerprint density at radius 3 is 2.55 bits per heavy atom. The number of carbonyl (C=O) groups excluding carboxylic acids is 1. The molecule has 2 aromatic rings. The van der Waals surface area contributed by atoms with Crippen molar-refractivity contribution in [3.63, 3.8) is 0 Å². The second kappa shape index (κ2) is 6.41. The molecule has 0 aliphatic rings. The third-order valence-corrected chi connectivity index (χ3v) is 4.00. The lowest BCUT2D eigenvalue weighted by atomic mass is 10.1. The molecule has 0 aromatic heterocycles. The summed E-state index contributed by atoms with van der Waals surface area (Å²) in [5, 5.41) is 2.86. The van der Waals surface area contributed by atoms with Crippen molar-refractivity contribution >= 4 is 43.5 Å². The first-order chi connectivity index (χ1) is 9.51. The summed E-state index contributed by atoms with van der Waals surface area (Å²) in [6.07, 6.45) is 0. The fourth-order valence-electron chi connectivity index (χ4n) is 1.75. The predicted molar refractivity (Wildman–Crippen MR) is 87.5 cm³/mol. The van der Waals surface area contributed by atoms with Crippen LogP contribution in [0.3, 0.4) is 0 Å². The highest BCUT2D eigenvalue weighted by molar-refractivity contribution is 9.11. The van der Waals surface area contributed by atoms with E-state index in [0.717, 1.165) is 20.2 Å². The van der Waals surface area contributed by atoms with Crippen molar-refractivity contribution < 1.29 is 9.53 Å². The van der Waals surface area contributed by atoms with Gasteiger partial charge in [0.25, 0.3) is 5.91 Å². The minimum atomic E-state index is -0.175. The molecule has 0 atom stereocenters. The molecule has 1 N–H and O–H groups in total. The van der Waals surface area contributed by atoms with E-state index in [1.54, 1.807) is 19.2 Å². The molecule has 0 heterocycles. The number of amides is 1. The van der Waals surface area contributed by atoms with Gasteiger partial charge in [-0.2, -0.15) is 0 Å². The standard InChI is InChI=1S/C15H13Br2NO2/c1-9-3-4-10(7-14(9)20-2)15(19)18-13-6-5-11(16)8-12(13)17/h3-8H,1-2H3,(H,18,19). The third-order valence-electron chi connectivity index (χ3n) is 2.85. The maximum absolute atomic E-state index is 12.2. The van der Waals surface area contributed by atoms with Crippen molar-refractivity contribution in [1.82, 2.24) is 0 Å². The number of ether oxygens (including phenoxy) is 1. The van der Waals surface area contributed by atoms with Gasteiger partial charge in [-0.15, -0.1) is 0 Å². The molecular weight excluding hydrogens is 386 g/mol. The van der Waals surface area contributed by atoms with Gasteiger partial charge >= 0.3 is 0 Å². The van der Waals surface area contributed by atoms with Crippen molar-refractivity contribution in [2.75, 3.05) is 12.4 Å². The van der Waals surface area contributed by atoms with Crippen LogP contribution in [0.2, 0.25) is 0 Å². The van der Waals surface area contributed by atoms with Gasteiger partial charge in [0, 0.05) is 14.5 Å². The Bertz CT molecular complexity index is 656. The molecule has 0 unspecified atom stereocenters. The van der Waals surface area contributed by atoms with Gasteiger partial charge in [0.15, 0.2) is 0 Å². The predicted octanol–water partition coefficient (Wildman–Crippen LogP) is 4.78. The normalized spacial score (nSPS) is 10.2. The van der Waals surface area contributed by atoms with E-state index in [-0.39, 0.29) is 5.91 Å². The number of aryl methyl sites for hydroxylation is 1. The Morgan fingerprint density at radius 2 is 1.90 bits per heavy atom. The highest BCUT2D eigenvalue weighted by Crippen LogP contribution is 2.27. The van der Waals surface area contributed by atoms with Crippen LogP contribution in [0.1, 0.15) is 15.9 Å². The summed E-state index contributed by atoms with van der Waals surface area (Å²) in [4.78, 5) is 12.2. The van der Waals surface area contributed by atoms with Crippen LogP contribution in [0.5, 0.6) is 5.75 Å². The molecular formula is C15H13Br2NO2. The highest BCUT2D eigenvalue weighted by Gasteiger charge is 2.10. The molecule has 0 aliphatic carbocycles. The number of halogens is 2. The third kappa shape index (κ3) is 3.41. The van der Waals surface area contributed by atoms with E-state index in [1.165, 1.54) is 0 Å². The van der Waals surface area contributed by atoms with Gasteiger partial charge in [-0.3, -0.25) is 4.79 Å². The molecule has 0 radical (unpaired) electrons. The lowest BCUT2D eigenvalue weighted by Crippen LogP contribution is -2.12. The number of rotatable bonds is 3. The molecule has 0 aliphatic heterocycles. The van der Waals surface area contributed by atoms with Gasteiger partial charge in [0.05, 0.1) is 12.8 Å². The zero-order valence-corrected chi connectivity index (χ0v) is 14.2. The quantitative estimate of drug-likeness (QED) is 0.807. The van der Waals surface area contributed by atoms with E-state index in [1.807, 2.05) is 31.2 Å². The van der Waals surface area contributed by atoms with Crippen LogP contribution in [0, 0.1) is 6.92 Å². The summed E-state index contributed by atoms with van der Waals surface area (Å²) < 4.78 is 6.99. The molecule has 20 heavy (non-hydrogen) atoms. The van der Waals surface area contributed by atoms with E-state index < -0.39 is 0 Å². The minimum absolute atomic E-state index is 0.175. The zero-order valence-electron chi connectivity index (χ0n) is 11.0. The fourth-order valence-corrected chi connectivity index (χ4v) is 2.89. The lowest BCUT2D eigenvalue weighted by Gasteiger charge is -2.10. The largest absolute Gasteiger partial charge is 0.496 e. The van der Waals surface area contributed by atoms with Gasteiger partial charge < -0.3 is 10.1 Å². The van der Waals surface area contributed by atoms with Crippen LogP contribution in [0.4, 0.5) is 5.69 Å². The van der Waals surface area contributed by atoms with E-state index >= 15 is 0 Å². The van der Waals surface area contributed by atoms with Crippen LogP contribution < -0.4 is 10.1 Å². The van der Waals surface area contributed by atoms with E-state index in [9.17, 15) is 4.79 Å². The molecule has 0 saturated carbocycles. The van der Waals surface area contributed by atoms with Crippen molar-refractivity contribution in [2.24, 2.45) is 0 Å². The molecule has 0 fully saturated rings. The van der Waals surface area contributed by atoms with Crippen LogP contribution >= 0.6 is 31.9 Å². The summed E-state index contributed by atoms with van der Waals surface area (Å²) in [5.74, 6) is 0.527. The van der Waals surface area contributed by atoms with Crippen LogP contribution in [0.15, 0.2) is 45.3 Å². The Labute approximate surface area is 134 Å². The molecule has 0 saturated heterocycles. The molecule has 5 heteroatoms. The summed E-state index contributed by atoms with van der Waals surface area (Å²) in [6.45, 7) is 1.94. The SMILES string of the molecule is COc1cc(C(=O)Nc2ccc(Br)cc2Br)ccc1C. The molecule has 0 spiro atoms. The van der Waals surface area contributed by atoms with Crippen molar-refractivity contribution in [3.05, 3.63) is 56.5 Å². The minimum Gasteiger partial charge on any atom is -0.496 e. The molecule has 2 aromatic carbocycles. The average Bonchev–Trinajstić information content (AvgIpc) is 2.42. The molecule has 1 amide bonds. The molecule has 0 bridgehead atoms. The summed E-state index contributed by atoms with van der Waals surface area (Å²) >= 11 is 6.79. The summed E-state index contributed by atoms with van der Waals surface area (Å²) in [7, 11) is 1.59. The summed E-state index contributed by atoms with van der Waals surface area (Å²) in [5.41, 5.74) is 2.27. The van der Waals surface area contributed by atoms with Crippen LogP contribution in [-0.2, 0) is 0 Å². The number of hydrogen-bond donors (Lipinski definition) is 1. The van der Waals surface area contributed by atoms with Gasteiger partial charge in [-0.25, -0.2) is 0 Å². The smallest absolute Gasteiger partial charge is 0.255 e. The monoisotopic (exact) mass is 397 g/mol. The second-order valence-corrected chi connectivity index (χ2v) is 6.03. The van der Waals surface area contributed by atoms with Crippen molar-refractivity contribution in [3.8, 4) is 5.75 Å². The van der Waals surface area contributed by atoms with Crippen LogP contribution in [-0.4, -0.2) is 13.0 Å². The number of hydrogen-bond acceptors (Lipinski definition) is 2. The fraction of sp³-hybridized carbons (Fsp3) is 0.133. The maximum atomic E-state index is 12.2. The van der Waals surface area contributed by atoms with Gasteiger partial charge in [0.1, 0.15) is 5.75 Å². The van der Waals surface area contributed by atoms with Gasteiger partial charge in [0.2, 0.25) is 0 Å². The first-order valence-corrected chi connectivity index (χ1v) is 7.51. The second-order valence-electron chi connectivity index (χ2n) is 4.26. The number of carbonyl (C=O) groups is 1. The van der Waals surface area contributed by atoms with E-state index in [0.29, 0.717) is 11.3 Å². The van der Waals surface area contributed by atoms with E-state index in [4.69, 9.17) is 4.74 Å². The highest BCUT2D eigenvalue weighted by atomic mass is 79.9. The first kappa shape index (κ1) is 15.1. The van der Waals surface area contributed by atoms with Crippen LogP contribution in [0.25, 0.3) is 0 Å². The summed E-state index contributed by atoms with van der Waals surface area (Å²) in [6, 6.07) is 11.0. The molecule has 2 rings (SSSR count). The van der Waals surface area contributed by atoms with Crippen molar-refractivity contribution in [2.45, 2.75) is 6.92 Å². The van der Waals surface area contributed by atoms with Gasteiger partial charge in [-0.1, -0.05) is 22.0 Å². The average molecular weight is 399 g/mol. The van der Waals surface area contributed by atoms with Gasteiger partial charge in [-0.05, 0) is 58.7 Å². The van der Waals surface area contributed by atoms with E-state index in [2.05, 4.69) is 37.2 Å². The Morgan fingerprint density at radius 1 is 1.15 bits per heavy atom. The Balaban J connectivity index is 2.24. The number of anilines is 1. The topological polar surface area (TPSA) is 38.3 Å². The Kier molecular flexibility index (Phi) is 4.83. The molecule has 3 nitrogen and oxygen atoms in total. The number of nitrogens with one attached hydrogen (secondary N) is 1. The lowest BCUT2D eigenvalue weighted by molar-refractivity contribution is 0.102. The number of benzene rings is 2. The maximum Gasteiger partial charge on any atom is 0.255 e. The van der Waals surface area contributed by atoms with Crippen molar-refractivity contribution in [1.29, 1.82) is 0 Å².